The van der Waals surface area contributed by atoms with E-state index in [1.807, 2.05) is 11.8 Å². The standard InChI is InChI=1S/C25H25FN4O4/c1-14-9-17-19(29-14)6-7-21(24(17)26)34-25-18-10-22(32-3)23(11-20(18)27-13-28-25)33-12-16-5-4-8-30(16)15(2)31/h6-7,9-11,13,16,29H,4-5,8,12H2,1-3H3/t16-/m1/s1. The van der Waals surface area contributed by atoms with E-state index >= 15 is 4.39 Å². The molecule has 34 heavy (non-hydrogen) atoms. The molecular weight excluding hydrogens is 439 g/mol. The zero-order valence-electron chi connectivity index (χ0n) is 19.2. The number of halogens is 1. The average molecular weight is 464 g/mol. The summed E-state index contributed by atoms with van der Waals surface area (Å²) in [6.07, 6.45) is 3.21. The number of aryl methyl sites for hydroxylation is 1. The normalized spacial score (nSPS) is 15.8. The molecule has 1 amide bonds. The second kappa shape index (κ2) is 8.81. The third kappa shape index (κ3) is 3.98. The number of nitrogens with one attached hydrogen (secondary N) is 1. The summed E-state index contributed by atoms with van der Waals surface area (Å²) < 4.78 is 32.5. The minimum Gasteiger partial charge on any atom is -0.493 e. The van der Waals surface area contributed by atoms with Gasteiger partial charge in [0.05, 0.1) is 24.1 Å². The van der Waals surface area contributed by atoms with Gasteiger partial charge in [-0.3, -0.25) is 4.79 Å². The Hall–Kier alpha value is -3.88. The Morgan fingerprint density at radius 3 is 2.82 bits per heavy atom. The second-order valence-corrected chi connectivity index (χ2v) is 8.41. The van der Waals surface area contributed by atoms with Gasteiger partial charge in [-0.1, -0.05) is 0 Å². The Kier molecular flexibility index (Phi) is 5.69. The molecule has 0 radical (unpaired) electrons. The van der Waals surface area contributed by atoms with Crippen LogP contribution >= 0.6 is 0 Å². The number of nitrogens with zero attached hydrogens (tertiary/aromatic N) is 3. The van der Waals surface area contributed by atoms with Crippen molar-refractivity contribution in [1.82, 2.24) is 19.9 Å². The fourth-order valence-electron chi connectivity index (χ4n) is 4.47. The third-order valence-electron chi connectivity index (χ3n) is 6.14. The smallest absolute Gasteiger partial charge is 0.230 e. The maximum absolute atomic E-state index is 15.1. The van der Waals surface area contributed by atoms with Crippen molar-refractivity contribution in [2.24, 2.45) is 0 Å². The molecule has 0 saturated carbocycles. The lowest BCUT2D eigenvalue weighted by Crippen LogP contribution is -2.37. The monoisotopic (exact) mass is 464 g/mol. The van der Waals surface area contributed by atoms with Gasteiger partial charge in [0.2, 0.25) is 11.8 Å². The van der Waals surface area contributed by atoms with Gasteiger partial charge in [-0.15, -0.1) is 0 Å². The van der Waals surface area contributed by atoms with E-state index < -0.39 is 5.82 Å². The maximum atomic E-state index is 15.1. The van der Waals surface area contributed by atoms with Gasteiger partial charge in [-0.05, 0) is 44.0 Å². The van der Waals surface area contributed by atoms with Crippen LogP contribution in [0.25, 0.3) is 21.8 Å². The van der Waals surface area contributed by atoms with Crippen molar-refractivity contribution in [2.45, 2.75) is 32.7 Å². The Balaban J connectivity index is 1.45. The Morgan fingerprint density at radius 1 is 1.18 bits per heavy atom. The quantitative estimate of drug-likeness (QED) is 0.443. The highest BCUT2D eigenvalue weighted by Crippen LogP contribution is 2.37. The molecule has 3 heterocycles. The van der Waals surface area contributed by atoms with Gasteiger partial charge < -0.3 is 24.1 Å². The molecule has 4 aromatic rings. The molecule has 2 aromatic heterocycles. The van der Waals surface area contributed by atoms with Gasteiger partial charge in [0.15, 0.2) is 23.1 Å². The average Bonchev–Trinajstić information content (AvgIpc) is 3.45. The largest absolute Gasteiger partial charge is 0.493 e. The minimum absolute atomic E-state index is 0.0251. The summed E-state index contributed by atoms with van der Waals surface area (Å²) in [5.41, 5.74) is 2.12. The molecule has 2 aromatic carbocycles. The first-order valence-electron chi connectivity index (χ1n) is 11.1. The van der Waals surface area contributed by atoms with E-state index in [-0.39, 0.29) is 23.6 Å². The van der Waals surface area contributed by atoms with E-state index in [9.17, 15) is 4.79 Å². The summed E-state index contributed by atoms with van der Waals surface area (Å²) in [5.74, 6) is 0.829. The van der Waals surface area contributed by atoms with Crippen LogP contribution in [0.15, 0.2) is 36.7 Å². The molecule has 176 valence electrons. The minimum atomic E-state index is -0.466. The van der Waals surface area contributed by atoms with Crippen LogP contribution in [-0.4, -0.2) is 52.1 Å². The lowest BCUT2D eigenvalue weighted by molar-refractivity contribution is -0.130. The van der Waals surface area contributed by atoms with Gasteiger partial charge in [0, 0.05) is 36.1 Å². The molecule has 1 N–H and O–H groups in total. The first-order chi connectivity index (χ1) is 16.4. The molecule has 8 nitrogen and oxygen atoms in total. The molecule has 0 bridgehead atoms. The molecule has 1 saturated heterocycles. The van der Waals surface area contributed by atoms with E-state index in [1.165, 1.54) is 13.4 Å². The molecule has 0 unspecified atom stereocenters. The number of methoxy groups -OCH3 is 1. The number of hydrogen-bond acceptors (Lipinski definition) is 6. The fourth-order valence-corrected chi connectivity index (χ4v) is 4.47. The Labute approximate surface area is 195 Å². The molecule has 1 aliphatic heterocycles. The lowest BCUT2D eigenvalue weighted by atomic mass is 10.2. The number of carbonyl (C=O) groups is 1. The number of likely N-dealkylation sites (tertiary alicyclic amines) is 1. The molecule has 1 atom stereocenters. The van der Waals surface area contributed by atoms with Gasteiger partial charge >= 0.3 is 0 Å². The summed E-state index contributed by atoms with van der Waals surface area (Å²) in [6, 6.07) is 8.55. The SMILES string of the molecule is COc1cc2c(Oc3ccc4[nH]c(C)cc4c3F)ncnc2cc1OC[C@H]1CCCN1C(C)=O. The first-order valence-corrected chi connectivity index (χ1v) is 11.1. The predicted molar refractivity (Wildman–Crippen MR) is 125 cm³/mol. The highest BCUT2D eigenvalue weighted by molar-refractivity contribution is 5.87. The van der Waals surface area contributed by atoms with Crippen LogP contribution in [0.2, 0.25) is 0 Å². The highest BCUT2D eigenvalue weighted by atomic mass is 19.1. The van der Waals surface area contributed by atoms with Crippen molar-refractivity contribution in [1.29, 1.82) is 0 Å². The van der Waals surface area contributed by atoms with Crippen molar-refractivity contribution >= 4 is 27.7 Å². The summed E-state index contributed by atoms with van der Waals surface area (Å²) in [7, 11) is 1.54. The number of amides is 1. The van der Waals surface area contributed by atoms with E-state index in [0.29, 0.717) is 39.9 Å². The van der Waals surface area contributed by atoms with Gasteiger partial charge in [0.25, 0.3) is 0 Å². The number of fused-ring (bicyclic) bond motifs is 2. The van der Waals surface area contributed by atoms with Crippen LogP contribution in [0.4, 0.5) is 4.39 Å². The van der Waals surface area contributed by atoms with E-state index in [0.717, 1.165) is 25.1 Å². The van der Waals surface area contributed by atoms with Crippen LogP contribution in [-0.2, 0) is 4.79 Å². The number of carbonyl (C=O) groups excluding carboxylic acids is 1. The molecular formula is C25H25FN4O4. The maximum Gasteiger partial charge on any atom is 0.230 e. The second-order valence-electron chi connectivity index (χ2n) is 8.41. The van der Waals surface area contributed by atoms with Gasteiger partial charge in [-0.2, -0.15) is 0 Å². The number of ether oxygens (including phenoxy) is 3. The summed E-state index contributed by atoms with van der Waals surface area (Å²) >= 11 is 0. The number of benzene rings is 2. The van der Waals surface area contributed by atoms with Crippen LogP contribution in [0.5, 0.6) is 23.1 Å². The molecule has 0 aliphatic carbocycles. The van der Waals surface area contributed by atoms with Crippen LogP contribution < -0.4 is 14.2 Å². The van der Waals surface area contributed by atoms with E-state index in [1.54, 1.807) is 37.3 Å². The van der Waals surface area contributed by atoms with E-state index in [2.05, 4.69) is 15.0 Å². The van der Waals surface area contributed by atoms with Crippen molar-refractivity contribution in [2.75, 3.05) is 20.3 Å². The topological polar surface area (TPSA) is 89.6 Å². The van der Waals surface area contributed by atoms with Crippen molar-refractivity contribution in [3.63, 3.8) is 0 Å². The summed E-state index contributed by atoms with van der Waals surface area (Å²) in [4.78, 5) is 25.3. The summed E-state index contributed by atoms with van der Waals surface area (Å²) in [6.45, 7) is 4.55. The number of aromatic amines is 1. The van der Waals surface area contributed by atoms with Crippen molar-refractivity contribution in [3.05, 3.63) is 48.2 Å². The first kappa shape index (κ1) is 21.9. The zero-order valence-corrected chi connectivity index (χ0v) is 19.2. The number of aromatic nitrogens is 3. The molecule has 9 heteroatoms. The number of H-pyrrole nitrogens is 1. The van der Waals surface area contributed by atoms with Crippen LogP contribution in [0.1, 0.15) is 25.5 Å². The van der Waals surface area contributed by atoms with Crippen molar-refractivity contribution in [3.8, 4) is 23.1 Å². The molecule has 1 aliphatic rings. The Bertz CT molecular complexity index is 1390. The van der Waals surface area contributed by atoms with Gasteiger partial charge in [-0.25, -0.2) is 14.4 Å². The Morgan fingerprint density at radius 2 is 2.03 bits per heavy atom. The zero-order chi connectivity index (χ0) is 23.8. The highest BCUT2D eigenvalue weighted by Gasteiger charge is 2.27. The van der Waals surface area contributed by atoms with Crippen molar-refractivity contribution < 1.29 is 23.4 Å². The van der Waals surface area contributed by atoms with Crippen LogP contribution in [0.3, 0.4) is 0 Å². The predicted octanol–water partition coefficient (Wildman–Crippen LogP) is 4.75. The van der Waals surface area contributed by atoms with Gasteiger partial charge in [0.1, 0.15) is 12.9 Å². The third-order valence-corrected chi connectivity index (χ3v) is 6.14. The molecule has 5 rings (SSSR count). The summed E-state index contributed by atoms with van der Waals surface area (Å²) in [5, 5.41) is 1.01. The molecule has 0 spiro atoms. The molecule has 1 fully saturated rings. The lowest BCUT2D eigenvalue weighted by Gasteiger charge is -2.23. The van der Waals surface area contributed by atoms with E-state index in [4.69, 9.17) is 14.2 Å². The number of rotatable bonds is 6. The fraction of sp³-hybridized carbons (Fsp3) is 0.320. The van der Waals surface area contributed by atoms with Crippen LogP contribution in [0, 0.1) is 12.7 Å². The number of hydrogen-bond donors (Lipinski definition) is 1.